The van der Waals surface area contributed by atoms with E-state index >= 15 is 0 Å². The van der Waals surface area contributed by atoms with Gasteiger partial charge in [0.2, 0.25) is 0 Å². The van der Waals surface area contributed by atoms with Crippen molar-refractivity contribution in [2.75, 3.05) is 17.6 Å². The minimum Gasteiger partial charge on any atom is -0.383 e. The van der Waals surface area contributed by atoms with E-state index in [2.05, 4.69) is 27.4 Å². The van der Waals surface area contributed by atoms with Crippen molar-refractivity contribution in [3.05, 3.63) is 35.0 Å². The van der Waals surface area contributed by atoms with Crippen molar-refractivity contribution in [3.63, 3.8) is 0 Å². The minimum atomic E-state index is -0.667. The molecule has 9 heteroatoms. The van der Waals surface area contributed by atoms with E-state index in [1.165, 1.54) is 6.20 Å². The Morgan fingerprint density at radius 1 is 1.38 bits per heavy atom. The fourth-order valence-electron chi connectivity index (χ4n) is 3.81. The number of nitrogens with one attached hydrogen (secondary N) is 2. The average Bonchev–Trinajstić information content (AvgIpc) is 3.29. The summed E-state index contributed by atoms with van der Waals surface area (Å²) < 4.78 is 1.04. The van der Waals surface area contributed by atoms with Gasteiger partial charge in [0.1, 0.15) is 5.82 Å². The molecular weight excluding hydrogens is 388 g/mol. The van der Waals surface area contributed by atoms with Gasteiger partial charge in [0.15, 0.2) is 0 Å². The fourth-order valence-corrected chi connectivity index (χ4v) is 4.97. The number of aryl methyl sites for hydroxylation is 1. The number of carbonyl (C=O) groups is 2. The van der Waals surface area contributed by atoms with E-state index in [4.69, 9.17) is 5.73 Å². The largest absolute Gasteiger partial charge is 0.383 e. The number of hydrogen-bond acceptors (Lipinski definition) is 6. The predicted molar refractivity (Wildman–Crippen MR) is 113 cm³/mol. The number of H-pyrrole nitrogens is 1. The zero-order valence-corrected chi connectivity index (χ0v) is 17.5. The molecule has 0 bridgehead atoms. The molecule has 0 saturated carbocycles. The van der Waals surface area contributed by atoms with E-state index in [0.29, 0.717) is 24.0 Å². The Balaban J connectivity index is 1.61. The Labute approximate surface area is 172 Å². The molecule has 4 rings (SSSR count). The number of carbonyl (C=O) groups excluding carboxylic acids is 2. The lowest BCUT2D eigenvalue weighted by Crippen LogP contribution is -2.55. The van der Waals surface area contributed by atoms with Gasteiger partial charge < -0.3 is 16.0 Å². The molecule has 4 N–H and O–H groups in total. The first-order valence-corrected chi connectivity index (χ1v) is 10.4. The monoisotopic (exact) mass is 412 g/mol. The Morgan fingerprint density at radius 2 is 2.17 bits per heavy atom. The lowest BCUT2D eigenvalue weighted by Gasteiger charge is -2.46. The molecule has 1 aliphatic rings. The molecular formula is C20H24N6O2S. The summed E-state index contributed by atoms with van der Waals surface area (Å²) in [5, 5.41) is 9.70. The van der Waals surface area contributed by atoms with Crippen LogP contribution in [0, 0.1) is 12.8 Å². The molecule has 0 aliphatic carbocycles. The Morgan fingerprint density at radius 3 is 2.90 bits per heavy atom. The van der Waals surface area contributed by atoms with Crippen LogP contribution in [0.2, 0.25) is 0 Å². The zero-order valence-electron chi connectivity index (χ0n) is 16.7. The number of likely N-dealkylation sites (tertiary alicyclic amines) is 1. The summed E-state index contributed by atoms with van der Waals surface area (Å²) in [6, 6.07) is 3.74. The molecule has 1 aliphatic heterocycles. The summed E-state index contributed by atoms with van der Waals surface area (Å²) in [7, 11) is 0. The van der Waals surface area contributed by atoms with Crippen LogP contribution in [0.25, 0.3) is 10.2 Å². The maximum atomic E-state index is 13.2. The van der Waals surface area contributed by atoms with Crippen LogP contribution in [0.15, 0.2) is 24.5 Å². The summed E-state index contributed by atoms with van der Waals surface area (Å²) in [6.07, 6.45) is 5.04. The van der Waals surface area contributed by atoms with Crippen LogP contribution in [0.5, 0.6) is 0 Å². The van der Waals surface area contributed by atoms with Crippen LogP contribution in [-0.2, 0) is 15.1 Å². The SMILES string of the molecule is Cc1cc(NC(=O)C(=O)N2C[C@@H](C)CC[C@@]2(C)c2cc3[nH]ncc3s2)cnc1N. The van der Waals surface area contributed by atoms with Crippen molar-refractivity contribution in [1.82, 2.24) is 20.1 Å². The van der Waals surface area contributed by atoms with Crippen molar-refractivity contribution in [3.8, 4) is 0 Å². The van der Waals surface area contributed by atoms with Gasteiger partial charge >= 0.3 is 11.8 Å². The van der Waals surface area contributed by atoms with Gasteiger partial charge in [-0.2, -0.15) is 5.10 Å². The highest BCUT2D eigenvalue weighted by Gasteiger charge is 2.44. The molecule has 1 saturated heterocycles. The van der Waals surface area contributed by atoms with Gasteiger partial charge in [-0.25, -0.2) is 4.98 Å². The average molecular weight is 413 g/mol. The van der Waals surface area contributed by atoms with Crippen LogP contribution < -0.4 is 11.1 Å². The number of anilines is 2. The van der Waals surface area contributed by atoms with Crippen molar-refractivity contribution < 1.29 is 9.59 Å². The molecule has 3 aromatic rings. The first-order valence-electron chi connectivity index (χ1n) is 9.56. The molecule has 8 nitrogen and oxygen atoms in total. The molecule has 29 heavy (non-hydrogen) atoms. The van der Waals surface area contributed by atoms with Crippen molar-refractivity contribution in [2.24, 2.45) is 5.92 Å². The van der Waals surface area contributed by atoms with E-state index in [0.717, 1.165) is 33.5 Å². The number of aromatic nitrogens is 3. The highest BCUT2D eigenvalue weighted by Crippen LogP contribution is 2.43. The molecule has 0 aromatic carbocycles. The fraction of sp³-hybridized carbons (Fsp3) is 0.400. The van der Waals surface area contributed by atoms with Crippen molar-refractivity contribution in [1.29, 1.82) is 0 Å². The third kappa shape index (κ3) is 3.46. The van der Waals surface area contributed by atoms with E-state index in [1.54, 1.807) is 35.4 Å². The topological polar surface area (TPSA) is 117 Å². The normalized spacial score (nSPS) is 22.0. The highest BCUT2D eigenvalue weighted by atomic mass is 32.1. The molecule has 0 unspecified atom stereocenters. The molecule has 2 amide bonds. The lowest BCUT2D eigenvalue weighted by molar-refractivity contribution is -0.150. The number of nitrogens with zero attached hydrogens (tertiary/aromatic N) is 3. The van der Waals surface area contributed by atoms with Gasteiger partial charge in [-0.15, -0.1) is 11.3 Å². The zero-order chi connectivity index (χ0) is 20.8. The number of rotatable bonds is 2. The summed E-state index contributed by atoms with van der Waals surface area (Å²) >= 11 is 1.61. The summed E-state index contributed by atoms with van der Waals surface area (Å²) in [5.41, 5.74) is 7.34. The molecule has 0 radical (unpaired) electrons. The number of aromatic amines is 1. The van der Waals surface area contributed by atoms with Crippen molar-refractivity contribution in [2.45, 2.75) is 39.2 Å². The van der Waals surface area contributed by atoms with Gasteiger partial charge in [-0.05, 0) is 50.3 Å². The van der Waals surface area contributed by atoms with Crippen LogP contribution in [0.3, 0.4) is 0 Å². The van der Waals surface area contributed by atoms with Crippen LogP contribution in [-0.4, -0.2) is 38.4 Å². The molecule has 1 fully saturated rings. The Bertz CT molecular complexity index is 1060. The molecule has 4 heterocycles. The Kier molecular flexibility index (Phi) is 4.77. The van der Waals surface area contributed by atoms with E-state index in [1.807, 2.05) is 13.0 Å². The molecule has 3 aromatic heterocycles. The molecule has 152 valence electrons. The van der Waals surface area contributed by atoms with Crippen LogP contribution in [0.4, 0.5) is 11.5 Å². The second-order valence-corrected chi connectivity index (χ2v) is 9.06. The molecule has 0 spiro atoms. The van der Waals surface area contributed by atoms with Gasteiger partial charge in [-0.1, -0.05) is 6.92 Å². The second kappa shape index (κ2) is 7.14. The lowest BCUT2D eigenvalue weighted by atomic mass is 9.82. The highest BCUT2D eigenvalue weighted by molar-refractivity contribution is 7.19. The number of nitrogen functional groups attached to an aromatic ring is 1. The predicted octanol–water partition coefficient (Wildman–Crippen LogP) is 3.02. The second-order valence-electron chi connectivity index (χ2n) is 7.97. The number of nitrogens with two attached hydrogens (primary N) is 1. The summed E-state index contributed by atoms with van der Waals surface area (Å²) in [6.45, 7) is 6.48. The first kappa shape index (κ1) is 19.4. The quantitative estimate of drug-likeness (QED) is 0.559. The number of hydrogen-bond donors (Lipinski definition) is 3. The van der Waals surface area contributed by atoms with Gasteiger partial charge in [0, 0.05) is 11.4 Å². The standard InChI is InChI=1S/C20H24N6O2S/c1-11-4-5-20(3,16-7-14-15(29-16)9-23-25-14)26(10-11)19(28)18(27)24-13-6-12(2)17(21)22-8-13/h6-9,11H,4-5,10H2,1-3H3,(H2,21,22)(H,23,25)(H,24,27)/t11-,20-/m0/s1. The number of fused-ring (bicyclic) bond motifs is 1. The summed E-state index contributed by atoms with van der Waals surface area (Å²) in [4.78, 5) is 32.8. The number of pyridine rings is 1. The van der Waals surface area contributed by atoms with Crippen LogP contribution >= 0.6 is 11.3 Å². The van der Waals surface area contributed by atoms with Gasteiger partial charge in [0.25, 0.3) is 0 Å². The van der Waals surface area contributed by atoms with E-state index in [9.17, 15) is 9.59 Å². The first-order chi connectivity index (χ1) is 13.8. The van der Waals surface area contributed by atoms with Gasteiger partial charge in [0.05, 0.1) is 33.8 Å². The van der Waals surface area contributed by atoms with E-state index in [-0.39, 0.29) is 0 Å². The minimum absolute atomic E-state index is 0.326. The Hall–Kier alpha value is -2.94. The number of thiophene rings is 1. The molecule has 2 atom stereocenters. The van der Waals surface area contributed by atoms with Gasteiger partial charge in [-0.3, -0.25) is 14.7 Å². The smallest absolute Gasteiger partial charge is 0.313 e. The third-order valence-electron chi connectivity index (χ3n) is 5.69. The third-order valence-corrected chi connectivity index (χ3v) is 7.01. The summed E-state index contributed by atoms with van der Waals surface area (Å²) in [5.74, 6) is -0.481. The maximum Gasteiger partial charge on any atom is 0.313 e. The number of piperidine rings is 1. The number of amides is 2. The maximum absolute atomic E-state index is 13.2. The van der Waals surface area contributed by atoms with Crippen LogP contribution in [0.1, 0.15) is 37.1 Å². The van der Waals surface area contributed by atoms with Crippen molar-refractivity contribution >= 4 is 44.9 Å². The van der Waals surface area contributed by atoms with E-state index < -0.39 is 17.4 Å².